The van der Waals surface area contributed by atoms with E-state index in [4.69, 9.17) is 0 Å². The molecule has 2 aromatic heterocycles. The quantitative estimate of drug-likeness (QED) is 0.546. The average Bonchev–Trinajstić information content (AvgIpc) is 3.02. The first-order chi connectivity index (χ1) is 13.1. The average molecular weight is 377 g/mol. The van der Waals surface area contributed by atoms with E-state index < -0.39 is 0 Å². The number of fused-ring (bicyclic) bond motifs is 1. The van der Waals surface area contributed by atoms with Crippen molar-refractivity contribution in [2.75, 3.05) is 5.32 Å². The lowest BCUT2D eigenvalue weighted by Gasteiger charge is -2.05. The summed E-state index contributed by atoms with van der Waals surface area (Å²) in [6.45, 7) is 1.87. The lowest BCUT2D eigenvalue weighted by atomic mass is 10.1. The minimum atomic E-state index is -0.237. The summed E-state index contributed by atoms with van der Waals surface area (Å²) in [4.78, 5) is 22.4. The van der Waals surface area contributed by atoms with Crippen LogP contribution in [-0.2, 0) is 6.42 Å². The molecule has 0 fully saturated rings. The number of benzene rings is 2. The molecule has 2 heterocycles. The number of rotatable bonds is 4. The first-order valence-electron chi connectivity index (χ1n) is 8.46. The molecule has 0 saturated heterocycles. The van der Waals surface area contributed by atoms with Gasteiger partial charge in [0.25, 0.3) is 5.91 Å². The largest absolute Gasteiger partial charge is 0.298 e. The summed E-state index contributed by atoms with van der Waals surface area (Å²) in [6, 6.07) is 15.9. The van der Waals surface area contributed by atoms with Crippen LogP contribution in [-0.4, -0.2) is 15.9 Å². The maximum absolute atomic E-state index is 13.9. The Bertz CT molecular complexity index is 1130. The van der Waals surface area contributed by atoms with Crippen LogP contribution in [0.1, 0.15) is 26.5 Å². The minimum absolute atomic E-state index is 0.236. The van der Waals surface area contributed by atoms with Crippen molar-refractivity contribution in [2.24, 2.45) is 0 Å². The number of hydrogen-bond acceptors (Lipinski definition) is 4. The van der Waals surface area contributed by atoms with Crippen molar-refractivity contribution >= 4 is 33.3 Å². The molecular weight excluding hydrogens is 361 g/mol. The van der Waals surface area contributed by atoms with Gasteiger partial charge in [0.05, 0.1) is 16.8 Å². The van der Waals surface area contributed by atoms with Crippen LogP contribution in [0.3, 0.4) is 0 Å². The summed E-state index contributed by atoms with van der Waals surface area (Å²) in [5.74, 6) is -0.473. The zero-order valence-electron chi connectivity index (χ0n) is 14.6. The molecule has 6 heteroatoms. The zero-order chi connectivity index (χ0) is 18.8. The van der Waals surface area contributed by atoms with Crippen LogP contribution in [0.4, 0.5) is 9.52 Å². The highest BCUT2D eigenvalue weighted by Crippen LogP contribution is 2.27. The molecule has 0 aliphatic carbocycles. The second-order valence-corrected chi connectivity index (χ2v) is 7.21. The third kappa shape index (κ3) is 3.57. The monoisotopic (exact) mass is 377 g/mol. The van der Waals surface area contributed by atoms with E-state index in [2.05, 4.69) is 15.3 Å². The second-order valence-electron chi connectivity index (χ2n) is 6.13. The van der Waals surface area contributed by atoms with Gasteiger partial charge in [0.15, 0.2) is 5.13 Å². The molecule has 4 rings (SSSR count). The van der Waals surface area contributed by atoms with Gasteiger partial charge in [-0.15, -0.1) is 11.3 Å². The van der Waals surface area contributed by atoms with Gasteiger partial charge < -0.3 is 0 Å². The number of hydrogen-bond donors (Lipinski definition) is 1. The summed E-state index contributed by atoms with van der Waals surface area (Å²) >= 11 is 1.37. The van der Waals surface area contributed by atoms with Crippen LogP contribution >= 0.6 is 11.3 Å². The summed E-state index contributed by atoms with van der Waals surface area (Å²) in [5, 5.41) is 4.15. The van der Waals surface area contributed by atoms with E-state index in [1.807, 2.05) is 37.3 Å². The van der Waals surface area contributed by atoms with Crippen molar-refractivity contribution in [1.29, 1.82) is 0 Å². The Balaban J connectivity index is 1.58. The van der Waals surface area contributed by atoms with Crippen molar-refractivity contribution in [3.05, 3.63) is 88.3 Å². The van der Waals surface area contributed by atoms with Gasteiger partial charge in [0.2, 0.25) is 0 Å². The number of nitrogens with zero attached hydrogens (tertiary/aromatic N) is 2. The molecule has 0 spiro atoms. The lowest BCUT2D eigenvalue weighted by molar-refractivity contribution is 0.102. The lowest BCUT2D eigenvalue weighted by Crippen LogP contribution is -2.12. The van der Waals surface area contributed by atoms with Crippen molar-refractivity contribution in [3.8, 4) is 0 Å². The molecule has 1 amide bonds. The number of anilines is 1. The molecule has 27 heavy (non-hydrogen) atoms. The van der Waals surface area contributed by atoms with Crippen molar-refractivity contribution in [3.63, 3.8) is 0 Å². The van der Waals surface area contributed by atoms with Gasteiger partial charge in [0.1, 0.15) is 5.82 Å². The minimum Gasteiger partial charge on any atom is -0.298 e. The van der Waals surface area contributed by atoms with Crippen LogP contribution in [0.15, 0.2) is 60.8 Å². The number of aryl methyl sites for hydroxylation is 1. The second kappa shape index (κ2) is 7.25. The third-order valence-corrected chi connectivity index (χ3v) is 5.39. The Morgan fingerprint density at radius 1 is 1.11 bits per heavy atom. The third-order valence-electron chi connectivity index (χ3n) is 4.32. The predicted octanol–water partition coefficient (Wildman–Crippen LogP) is 4.98. The molecule has 0 aliphatic rings. The Kier molecular flexibility index (Phi) is 4.64. The van der Waals surface area contributed by atoms with Crippen molar-refractivity contribution in [2.45, 2.75) is 13.3 Å². The first kappa shape index (κ1) is 17.3. The van der Waals surface area contributed by atoms with E-state index in [1.54, 1.807) is 24.4 Å². The number of carbonyl (C=O) groups is 1. The van der Waals surface area contributed by atoms with Crippen LogP contribution in [0.5, 0.6) is 0 Å². The Morgan fingerprint density at radius 3 is 2.74 bits per heavy atom. The topological polar surface area (TPSA) is 54.9 Å². The standard InChI is InChI=1S/C21H16FN3OS/c1-13-19(12-14-6-2-4-8-17(14)22)27-21(24-13)25-20(26)16-10-11-23-18-9-5-3-7-15(16)18/h2-11H,12H2,1H3,(H,24,25,26). The smallest absolute Gasteiger partial charge is 0.258 e. The maximum atomic E-state index is 13.9. The molecular formula is C21H16FN3OS. The molecule has 0 atom stereocenters. The molecule has 134 valence electrons. The summed E-state index contributed by atoms with van der Waals surface area (Å²) in [6.07, 6.45) is 2.07. The summed E-state index contributed by atoms with van der Waals surface area (Å²) < 4.78 is 13.9. The fraction of sp³-hybridized carbons (Fsp3) is 0.0952. The van der Waals surface area contributed by atoms with Gasteiger partial charge >= 0.3 is 0 Å². The molecule has 0 aliphatic heterocycles. The van der Waals surface area contributed by atoms with Gasteiger partial charge in [-0.05, 0) is 30.7 Å². The van der Waals surface area contributed by atoms with Gasteiger partial charge in [-0.2, -0.15) is 0 Å². The van der Waals surface area contributed by atoms with Crippen LogP contribution in [0.25, 0.3) is 10.9 Å². The molecule has 0 bridgehead atoms. The SMILES string of the molecule is Cc1nc(NC(=O)c2ccnc3ccccc23)sc1Cc1ccccc1F. The number of carbonyl (C=O) groups excluding carboxylic acids is 1. The fourth-order valence-corrected chi connectivity index (χ4v) is 3.90. The Morgan fingerprint density at radius 2 is 1.89 bits per heavy atom. The normalized spacial score (nSPS) is 10.9. The van der Waals surface area contributed by atoms with Crippen LogP contribution < -0.4 is 5.32 Å². The molecule has 1 N–H and O–H groups in total. The Hall–Kier alpha value is -3.12. The molecule has 0 saturated carbocycles. The number of para-hydroxylation sites is 1. The molecule has 4 aromatic rings. The number of thiazole rings is 1. The van der Waals surface area contributed by atoms with E-state index >= 15 is 0 Å². The van der Waals surface area contributed by atoms with E-state index in [0.717, 1.165) is 21.5 Å². The first-order valence-corrected chi connectivity index (χ1v) is 9.28. The number of aromatic nitrogens is 2. The van der Waals surface area contributed by atoms with Crippen molar-refractivity contribution in [1.82, 2.24) is 9.97 Å². The molecule has 2 aromatic carbocycles. The highest BCUT2D eigenvalue weighted by molar-refractivity contribution is 7.15. The van der Waals surface area contributed by atoms with Gasteiger partial charge in [-0.3, -0.25) is 15.1 Å². The molecule has 0 unspecified atom stereocenters. The van der Waals surface area contributed by atoms with Gasteiger partial charge in [0, 0.05) is 22.9 Å². The predicted molar refractivity (Wildman–Crippen MR) is 106 cm³/mol. The zero-order valence-corrected chi connectivity index (χ0v) is 15.4. The number of halogens is 1. The molecule has 0 radical (unpaired) electrons. The highest BCUT2D eigenvalue weighted by Gasteiger charge is 2.15. The Labute approximate surface area is 159 Å². The van der Waals surface area contributed by atoms with E-state index in [0.29, 0.717) is 22.7 Å². The van der Waals surface area contributed by atoms with E-state index in [9.17, 15) is 9.18 Å². The highest BCUT2D eigenvalue weighted by atomic mass is 32.1. The number of nitrogens with one attached hydrogen (secondary N) is 1. The number of pyridine rings is 1. The maximum Gasteiger partial charge on any atom is 0.258 e. The van der Waals surface area contributed by atoms with Crippen molar-refractivity contribution < 1.29 is 9.18 Å². The van der Waals surface area contributed by atoms with E-state index in [-0.39, 0.29) is 11.7 Å². The summed E-state index contributed by atoms with van der Waals surface area (Å²) in [7, 11) is 0. The fourth-order valence-electron chi connectivity index (χ4n) is 2.92. The summed E-state index contributed by atoms with van der Waals surface area (Å²) in [5.41, 5.74) is 2.71. The number of amides is 1. The van der Waals surface area contributed by atoms with Gasteiger partial charge in [-0.25, -0.2) is 9.37 Å². The van der Waals surface area contributed by atoms with Gasteiger partial charge in [-0.1, -0.05) is 36.4 Å². The van der Waals surface area contributed by atoms with E-state index in [1.165, 1.54) is 17.4 Å². The van der Waals surface area contributed by atoms with Crippen LogP contribution in [0, 0.1) is 12.7 Å². The molecule has 4 nitrogen and oxygen atoms in total. The van der Waals surface area contributed by atoms with Crippen LogP contribution in [0.2, 0.25) is 0 Å².